The Labute approximate surface area is 191 Å². The van der Waals surface area contributed by atoms with Gasteiger partial charge in [0.2, 0.25) is 5.91 Å². The summed E-state index contributed by atoms with van der Waals surface area (Å²) in [5.41, 5.74) is 2.52. The topological polar surface area (TPSA) is 60.4 Å². The van der Waals surface area contributed by atoms with Gasteiger partial charge >= 0.3 is 0 Å². The van der Waals surface area contributed by atoms with Crippen molar-refractivity contribution < 1.29 is 9.53 Å². The standard InChI is InChI=1S/C21H33N5O2.HI/c1-17-6-4-5-7-19(17)20-16-26(14-15-28-20)21(22-3)23-8-9-24-10-12-25(13-11-24)18(2)27;/h4-7,20H,8-16H2,1-3H3,(H,22,23);1H. The highest BCUT2D eigenvalue weighted by Crippen LogP contribution is 2.24. The van der Waals surface area contributed by atoms with E-state index in [1.165, 1.54) is 11.1 Å². The Balaban J connectivity index is 0.00000300. The molecule has 0 aliphatic carbocycles. The summed E-state index contributed by atoms with van der Waals surface area (Å²) in [5, 5.41) is 3.51. The smallest absolute Gasteiger partial charge is 0.219 e. The van der Waals surface area contributed by atoms with Crippen LogP contribution in [0.3, 0.4) is 0 Å². The number of amides is 1. The van der Waals surface area contributed by atoms with Crippen molar-refractivity contribution in [3.05, 3.63) is 35.4 Å². The maximum absolute atomic E-state index is 11.4. The number of morpholine rings is 1. The summed E-state index contributed by atoms with van der Waals surface area (Å²) < 4.78 is 6.03. The van der Waals surface area contributed by atoms with Gasteiger partial charge in [-0.2, -0.15) is 0 Å². The number of nitrogens with zero attached hydrogens (tertiary/aromatic N) is 4. The molecule has 29 heavy (non-hydrogen) atoms. The number of carbonyl (C=O) groups excluding carboxylic acids is 1. The maximum Gasteiger partial charge on any atom is 0.219 e. The van der Waals surface area contributed by atoms with Gasteiger partial charge in [-0.1, -0.05) is 24.3 Å². The molecule has 0 saturated carbocycles. The van der Waals surface area contributed by atoms with Crippen molar-refractivity contribution in [1.29, 1.82) is 0 Å². The van der Waals surface area contributed by atoms with E-state index in [4.69, 9.17) is 4.74 Å². The number of carbonyl (C=O) groups is 1. The van der Waals surface area contributed by atoms with Crippen molar-refractivity contribution in [2.45, 2.75) is 20.0 Å². The lowest BCUT2D eigenvalue weighted by atomic mass is 10.0. The van der Waals surface area contributed by atoms with Gasteiger partial charge in [0.1, 0.15) is 6.10 Å². The molecule has 2 aliphatic heterocycles. The molecule has 2 fully saturated rings. The predicted molar refractivity (Wildman–Crippen MR) is 127 cm³/mol. The highest BCUT2D eigenvalue weighted by atomic mass is 127. The third kappa shape index (κ3) is 6.55. The minimum absolute atomic E-state index is 0. The SMILES string of the molecule is CN=C(NCCN1CCN(C(C)=O)CC1)N1CCOC(c2ccccc2C)C1.I. The third-order valence-corrected chi connectivity index (χ3v) is 5.64. The van der Waals surface area contributed by atoms with Gasteiger partial charge in [-0.15, -0.1) is 24.0 Å². The summed E-state index contributed by atoms with van der Waals surface area (Å²) in [6, 6.07) is 8.43. The fraction of sp³-hybridized carbons (Fsp3) is 0.619. The zero-order valence-corrected chi connectivity index (χ0v) is 20.1. The van der Waals surface area contributed by atoms with Crippen molar-refractivity contribution in [1.82, 2.24) is 20.0 Å². The predicted octanol–water partition coefficient (Wildman–Crippen LogP) is 1.73. The molecule has 8 heteroatoms. The van der Waals surface area contributed by atoms with E-state index < -0.39 is 0 Å². The van der Waals surface area contributed by atoms with Crippen molar-refractivity contribution in [2.24, 2.45) is 4.99 Å². The van der Waals surface area contributed by atoms with Crippen LogP contribution in [0.1, 0.15) is 24.2 Å². The number of halogens is 1. The molecule has 0 aromatic heterocycles. The molecular formula is C21H34IN5O2. The summed E-state index contributed by atoms with van der Waals surface area (Å²) >= 11 is 0. The average Bonchev–Trinajstić information content (AvgIpc) is 2.72. The first-order valence-corrected chi connectivity index (χ1v) is 10.2. The molecule has 1 aromatic rings. The summed E-state index contributed by atoms with van der Waals surface area (Å²) in [6.45, 7) is 11.5. The van der Waals surface area contributed by atoms with Crippen molar-refractivity contribution >= 4 is 35.8 Å². The van der Waals surface area contributed by atoms with Gasteiger partial charge in [0.05, 0.1) is 13.2 Å². The molecule has 0 bridgehead atoms. The second kappa shape index (κ2) is 11.7. The van der Waals surface area contributed by atoms with Gasteiger partial charge in [0.15, 0.2) is 5.96 Å². The lowest BCUT2D eigenvalue weighted by Crippen LogP contribution is -2.52. The summed E-state index contributed by atoms with van der Waals surface area (Å²) in [4.78, 5) is 22.5. The van der Waals surface area contributed by atoms with E-state index in [-0.39, 0.29) is 36.0 Å². The van der Waals surface area contributed by atoms with E-state index in [1.807, 2.05) is 11.9 Å². The minimum atomic E-state index is 0. The number of ether oxygens (including phenoxy) is 1. The van der Waals surface area contributed by atoms with Crippen LogP contribution in [0, 0.1) is 6.92 Å². The van der Waals surface area contributed by atoms with Crippen molar-refractivity contribution in [2.75, 3.05) is 66.0 Å². The number of rotatable bonds is 4. The average molecular weight is 515 g/mol. The molecule has 0 radical (unpaired) electrons. The molecule has 2 heterocycles. The first-order chi connectivity index (χ1) is 13.6. The summed E-state index contributed by atoms with van der Waals surface area (Å²) in [6.07, 6.45) is 0.0770. The van der Waals surface area contributed by atoms with Crippen LogP contribution in [0.2, 0.25) is 0 Å². The Morgan fingerprint density at radius 2 is 1.90 bits per heavy atom. The third-order valence-electron chi connectivity index (χ3n) is 5.64. The fourth-order valence-corrected chi connectivity index (χ4v) is 3.92. The van der Waals surface area contributed by atoms with Gasteiger partial charge in [-0.25, -0.2) is 0 Å². The Kier molecular flexibility index (Phi) is 9.64. The van der Waals surface area contributed by atoms with E-state index in [0.29, 0.717) is 6.61 Å². The van der Waals surface area contributed by atoms with Gasteiger partial charge in [-0.3, -0.25) is 14.7 Å². The highest BCUT2D eigenvalue weighted by molar-refractivity contribution is 14.0. The zero-order valence-electron chi connectivity index (χ0n) is 17.8. The van der Waals surface area contributed by atoms with E-state index in [1.54, 1.807) is 6.92 Å². The Morgan fingerprint density at radius 1 is 1.17 bits per heavy atom. The molecule has 1 unspecified atom stereocenters. The molecule has 3 rings (SSSR count). The second-order valence-corrected chi connectivity index (χ2v) is 7.48. The molecule has 162 valence electrons. The van der Waals surface area contributed by atoms with Crippen LogP contribution in [-0.2, 0) is 9.53 Å². The molecular weight excluding hydrogens is 481 g/mol. The molecule has 2 saturated heterocycles. The minimum Gasteiger partial charge on any atom is -0.370 e. The lowest BCUT2D eigenvalue weighted by Gasteiger charge is -2.37. The number of aliphatic imine (C=N–C) groups is 1. The number of benzene rings is 1. The molecule has 0 spiro atoms. The maximum atomic E-state index is 11.4. The number of piperazine rings is 1. The highest BCUT2D eigenvalue weighted by Gasteiger charge is 2.25. The van der Waals surface area contributed by atoms with Gasteiger partial charge in [0, 0.05) is 59.8 Å². The quantitative estimate of drug-likeness (QED) is 0.376. The van der Waals surface area contributed by atoms with E-state index in [0.717, 1.165) is 58.3 Å². The zero-order chi connectivity index (χ0) is 19.9. The Morgan fingerprint density at radius 3 is 2.55 bits per heavy atom. The van der Waals surface area contributed by atoms with Gasteiger partial charge in [-0.05, 0) is 18.1 Å². The van der Waals surface area contributed by atoms with Gasteiger partial charge < -0.3 is 19.9 Å². The molecule has 1 amide bonds. The van der Waals surface area contributed by atoms with E-state index in [2.05, 4.69) is 51.3 Å². The fourth-order valence-electron chi connectivity index (χ4n) is 3.92. The second-order valence-electron chi connectivity index (χ2n) is 7.48. The molecule has 1 N–H and O–H groups in total. The summed E-state index contributed by atoms with van der Waals surface area (Å²) in [5.74, 6) is 1.11. The monoisotopic (exact) mass is 515 g/mol. The van der Waals surface area contributed by atoms with Crippen LogP contribution < -0.4 is 5.32 Å². The van der Waals surface area contributed by atoms with E-state index >= 15 is 0 Å². The van der Waals surface area contributed by atoms with Crippen LogP contribution in [0.4, 0.5) is 0 Å². The van der Waals surface area contributed by atoms with Crippen LogP contribution in [0.5, 0.6) is 0 Å². The van der Waals surface area contributed by atoms with Crippen LogP contribution in [0.25, 0.3) is 0 Å². The van der Waals surface area contributed by atoms with Crippen LogP contribution >= 0.6 is 24.0 Å². The first-order valence-electron chi connectivity index (χ1n) is 10.2. The van der Waals surface area contributed by atoms with Crippen LogP contribution in [-0.4, -0.2) is 92.6 Å². The summed E-state index contributed by atoms with van der Waals surface area (Å²) in [7, 11) is 1.84. The largest absolute Gasteiger partial charge is 0.370 e. The Hall–Kier alpha value is -1.39. The van der Waals surface area contributed by atoms with E-state index in [9.17, 15) is 4.79 Å². The lowest BCUT2D eigenvalue weighted by molar-refractivity contribution is -0.130. The van der Waals surface area contributed by atoms with Crippen LogP contribution in [0.15, 0.2) is 29.3 Å². The first kappa shape index (κ1) is 23.9. The normalized spacial score (nSPS) is 20.9. The number of hydrogen-bond donors (Lipinski definition) is 1. The number of nitrogens with one attached hydrogen (secondary N) is 1. The van der Waals surface area contributed by atoms with Gasteiger partial charge in [0.25, 0.3) is 0 Å². The molecule has 7 nitrogen and oxygen atoms in total. The number of aryl methyl sites for hydroxylation is 1. The molecule has 1 aromatic carbocycles. The van der Waals surface area contributed by atoms with Crippen molar-refractivity contribution in [3.63, 3.8) is 0 Å². The number of hydrogen-bond acceptors (Lipinski definition) is 4. The Bertz CT molecular complexity index is 691. The number of guanidine groups is 1. The molecule has 2 aliphatic rings. The van der Waals surface area contributed by atoms with Crippen molar-refractivity contribution in [3.8, 4) is 0 Å². The molecule has 1 atom stereocenters.